The zero-order valence-corrected chi connectivity index (χ0v) is 16.9. The first-order valence-electron chi connectivity index (χ1n) is 9.25. The summed E-state index contributed by atoms with van der Waals surface area (Å²) in [4.78, 5) is 28.4. The van der Waals surface area contributed by atoms with Gasteiger partial charge in [0, 0.05) is 39.0 Å². The zero-order chi connectivity index (χ0) is 20.0. The smallest absolute Gasteiger partial charge is 0.224 e. The second-order valence-electron chi connectivity index (χ2n) is 7.26. The Morgan fingerprint density at radius 2 is 1.89 bits per heavy atom. The van der Waals surface area contributed by atoms with Gasteiger partial charge in [0.15, 0.2) is 11.5 Å². The molecule has 0 aliphatic carbocycles. The van der Waals surface area contributed by atoms with Gasteiger partial charge in [-0.1, -0.05) is 6.07 Å². The Morgan fingerprint density at radius 3 is 2.48 bits per heavy atom. The van der Waals surface area contributed by atoms with Gasteiger partial charge in [-0.05, 0) is 38.2 Å². The number of carbonyl (C=O) groups excluding carboxylic acids is 2. The van der Waals surface area contributed by atoms with Crippen molar-refractivity contribution < 1.29 is 19.1 Å². The van der Waals surface area contributed by atoms with Crippen molar-refractivity contribution in [3.63, 3.8) is 0 Å². The summed E-state index contributed by atoms with van der Waals surface area (Å²) < 4.78 is 10.7. The van der Waals surface area contributed by atoms with E-state index in [1.165, 1.54) is 0 Å². The molecular formula is C20H31N3O4. The molecule has 1 saturated heterocycles. The van der Waals surface area contributed by atoms with Crippen molar-refractivity contribution in [2.75, 3.05) is 54.5 Å². The predicted molar refractivity (Wildman–Crippen MR) is 104 cm³/mol. The van der Waals surface area contributed by atoms with E-state index in [9.17, 15) is 9.59 Å². The molecule has 1 heterocycles. The van der Waals surface area contributed by atoms with Crippen molar-refractivity contribution >= 4 is 11.8 Å². The van der Waals surface area contributed by atoms with E-state index in [4.69, 9.17) is 9.47 Å². The third kappa shape index (κ3) is 5.60. The quantitative estimate of drug-likeness (QED) is 0.776. The molecule has 0 aromatic heterocycles. The topological polar surface area (TPSA) is 71.1 Å². The Balaban J connectivity index is 2.16. The number of likely N-dealkylation sites (tertiary alicyclic amines) is 1. The van der Waals surface area contributed by atoms with Crippen LogP contribution in [0.5, 0.6) is 11.5 Å². The number of hydrogen-bond acceptors (Lipinski definition) is 5. The van der Waals surface area contributed by atoms with Crippen LogP contribution in [0.25, 0.3) is 0 Å². The SMILES string of the molecule is COc1ccc(C2CC(C(=O)NCCN(C)C)CN(C(C)=O)C2)cc1OC. The van der Waals surface area contributed by atoms with Gasteiger partial charge in [0.05, 0.1) is 20.1 Å². The van der Waals surface area contributed by atoms with E-state index in [1.54, 1.807) is 26.0 Å². The molecule has 150 valence electrons. The van der Waals surface area contributed by atoms with E-state index in [0.29, 0.717) is 37.6 Å². The summed E-state index contributed by atoms with van der Waals surface area (Å²) in [6, 6.07) is 5.79. The molecule has 0 saturated carbocycles. The standard InChI is InChI=1S/C20H31N3O4/c1-14(24)23-12-16(15-6-7-18(26-4)19(11-15)27-5)10-17(13-23)20(25)21-8-9-22(2)3/h6-7,11,16-17H,8-10,12-13H2,1-5H3,(H,21,25). The van der Waals surface area contributed by atoms with Gasteiger partial charge >= 0.3 is 0 Å². The van der Waals surface area contributed by atoms with Crippen molar-refractivity contribution in [2.24, 2.45) is 5.92 Å². The highest BCUT2D eigenvalue weighted by Gasteiger charge is 2.33. The summed E-state index contributed by atoms with van der Waals surface area (Å²) in [6.45, 7) is 4.01. The van der Waals surface area contributed by atoms with E-state index in [0.717, 1.165) is 12.1 Å². The normalized spacial score (nSPS) is 19.7. The molecule has 0 radical (unpaired) electrons. The molecule has 1 aliphatic heterocycles. The fraction of sp³-hybridized carbons (Fsp3) is 0.600. The van der Waals surface area contributed by atoms with Gasteiger partial charge < -0.3 is 24.6 Å². The van der Waals surface area contributed by atoms with E-state index in [2.05, 4.69) is 5.32 Å². The molecule has 1 fully saturated rings. The number of piperidine rings is 1. The third-order valence-corrected chi connectivity index (χ3v) is 5.00. The Hall–Kier alpha value is -2.28. The van der Waals surface area contributed by atoms with Crippen molar-refractivity contribution in [1.82, 2.24) is 15.1 Å². The van der Waals surface area contributed by atoms with E-state index >= 15 is 0 Å². The van der Waals surface area contributed by atoms with Crippen LogP contribution in [0.2, 0.25) is 0 Å². The maximum atomic E-state index is 12.6. The second-order valence-corrected chi connectivity index (χ2v) is 7.26. The van der Waals surface area contributed by atoms with Crippen molar-refractivity contribution in [3.8, 4) is 11.5 Å². The lowest BCUT2D eigenvalue weighted by Gasteiger charge is -2.37. The van der Waals surface area contributed by atoms with Crippen molar-refractivity contribution in [2.45, 2.75) is 19.3 Å². The van der Waals surface area contributed by atoms with Gasteiger partial charge in [-0.2, -0.15) is 0 Å². The lowest BCUT2D eigenvalue weighted by atomic mass is 9.84. The van der Waals surface area contributed by atoms with Crippen molar-refractivity contribution in [3.05, 3.63) is 23.8 Å². The number of benzene rings is 1. The highest BCUT2D eigenvalue weighted by molar-refractivity contribution is 5.81. The van der Waals surface area contributed by atoms with Gasteiger partial charge in [-0.15, -0.1) is 0 Å². The third-order valence-electron chi connectivity index (χ3n) is 5.00. The Labute approximate surface area is 161 Å². The van der Waals surface area contributed by atoms with Crippen LogP contribution in [0.15, 0.2) is 18.2 Å². The molecule has 7 nitrogen and oxygen atoms in total. The van der Waals surface area contributed by atoms with Gasteiger partial charge in [0.25, 0.3) is 0 Å². The summed E-state index contributed by atoms with van der Waals surface area (Å²) in [6.07, 6.45) is 0.701. The fourth-order valence-electron chi connectivity index (χ4n) is 3.44. The molecule has 1 aliphatic rings. The number of carbonyl (C=O) groups is 2. The number of ether oxygens (including phenoxy) is 2. The Kier molecular flexibility index (Phi) is 7.47. The number of hydrogen-bond donors (Lipinski definition) is 1. The van der Waals surface area contributed by atoms with E-state index in [-0.39, 0.29) is 23.7 Å². The number of methoxy groups -OCH3 is 2. The van der Waals surface area contributed by atoms with Gasteiger partial charge in [0.2, 0.25) is 11.8 Å². The monoisotopic (exact) mass is 377 g/mol. The van der Waals surface area contributed by atoms with Crippen LogP contribution < -0.4 is 14.8 Å². The zero-order valence-electron chi connectivity index (χ0n) is 16.9. The van der Waals surface area contributed by atoms with Crippen molar-refractivity contribution in [1.29, 1.82) is 0 Å². The summed E-state index contributed by atoms with van der Waals surface area (Å²) >= 11 is 0. The van der Waals surface area contributed by atoms with Crippen LogP contribution >= 0.6 is 0 Å². The van der Waals surface area contributed by atoms with Gasteiger partial charge in [0.1, 0.15) is 0 Å². The minimum Gasteiger partial charge on any atom is -0.493 e. The largest absolute Gasteiger partial charge is 0.493 e. The van der Waals surface area contributed by atoms with Crippen LogP contribution in [-0.4, -0.2) is 76.1 Å². The molecule has 1 aromatic rings. The molecule has 1 N–H and O–H groups in total. The highest BCUT2D eigenvalue weighted by Crippen LogP contribution is 2.35. The van der Waals surface area contributed by atoms with E-state index < -0.39 is 0 Å². The molecule has 1 aromatic carbocycles. The average molecular weight is 377 g/mol. The maximum absolute atomic E-state index is 12.6. The fourth-order valence-corrected chi connectivity index (χ4v) is 3.44. The summed E-state index contributed by atoms with van der Waals surface area (Å²) in [5.41, 5.74) is 1.05. The second kappa shape index (κ2) is 9.60. The minimum absolute atomic E-state index is 0.00766. The predicted octanol–water partition coefficient (Wildman–Crippen LogP) is 1.33. The van der Waals surface area contributed by atoms with Gasteiger partial charge in [-0.3, -0.25) is 9.59 Å². The summed E-state index contributed by atoms with van der Waals surface area (Å²) in [5, 5.41) is 2.99. The van der Waals surface area contributed by atoms with E-state index in [1.807, 2.05) is 37.2 Å². The number of nitrogens with one attached hydrogen (secondary N) is 1. The molecule has 2 unspecified atom stereocenters. The molecule has 0 bridgehead atoms. The average Bonchev–Trinajstić information content (AvgIpc) is 2.66. The van der Waals surface area contributed by atoms with Crippen LogP contribution in [-0.2, 0) is 9.59 Å². The van der Waals surface area contributed by atoms with Crippen LogP contribution in [0.1, 0.15) is 24.8 Å². The van der Waals surface area contributed by atoms with Crippen LogP contribution in [0, 0.1) is 5.92 Å². The van der Waals surface area contributed by atoms with Crippen LogP contribution in [0.4, 0.5) is 0 Å². The molecule has 2 rings (SSSR count). The van der Waals surface area contributed by atoms with Gasteiger partial charge in [-0.25, -0.2) is 0 Å². The first-order chi connectivity index (χ1) is 12.8. The summed E-state index contributed by atoms with van der Waals surface area (Å²) in [7, 11) is 7.14. The van der Waals surface area contributed by atoms with Crippen LogP contribution in [0.3, 0.4) is 0 Å². The first-order valence-corrected chi connectivity index (χ1v) is 9.25. The molecule has 27 heavy (non-hydrogen) atoms. The number of rotatable bonds is 7. The number of likely N-dealkylation sites (N-methyl/N-ethyl adjacent to an activating group) is 1. The number of nitrogens with zero attached hydrogens (tertiary/aromatic N) is 2. The Morgan fingerprint density at radius 1 is 1.19 bits per heavy atom. The molecule has 0 spiro atoms. The highest BCUT2D eigenvalue weighted by atomic mass is 16.5. The molecule has 2 amide bonds. The number of amides is 2. The Bertz CT molecular complexity index is 663. The molecular weight excluding hydrogens is 346 g/mol. The lowest BCUT2D eigenvalue weighted by Crippen LogP contribution is -2.48. The maximum Gasteiger partial charge on any atom is 0.224 e. The summed E-state index contributed by atoms with van der Waals surface area (Å²) in [5.74, 6) is 1.18. The lowest BCUT2D eigenvalue weighted by molar-refractivity contribution is -0.134. The molecule has 7 heteroatoms. The first kappa shape index (κ1) is 21.0. The minimum atomic E-state index is -0.220. The molecule has 2 atom stereocenters.